The molecular weight excluding hydrogens is 324 g/mol. The number of sulfonamides is 1. The van der Waals surface area contributed by atoms with Gasteiger partial charge in [-0.1, -0.05) is 24.3 Å². The van der Waals surface area contributed by atoms with E-state index >= 15 is 0 Å². The number of ether oxygens (including phenoxy) is 1. The highest BCUT2D eigenvalue weighted by Gasteiger charge is 2.43. The normalized spacial score (nSPS) is 24.9. The number of nitrogens with zero attached hydrogens (tertiary/aromatic N) is 1. The highest BCUT2D eigenvalue weighted by Crippen LogP contribution is 2.37. The number of hydrogen-bond donors (Lipinski definition) is 1. The average molecular weight is 346 g/mol. The van der Waals surface area contributed by atoms with E-state index in [1.165, 1.54) is 0 Å². The molecule has 2 heterocycles. The number of benzene rings is 2. The fraction of sp³-hybridized carbons (Fsp3) is 0.444. The molecule has 5 nitrogen and oxygen atoms in total. The molecule has 2 bridgehead atoms. The minimum absolute atomic E-state index is 0.0587. The Balaban J connectivity index is 1.87. The van der Waals surface area contributed by atoms with Gasteiger partial charge in [-0.15, -0.1) is 0 Å². The van der Waals surface area contributed by atoms with Gasteiger partial charge in [0.2, 0.25) is 10.0 Å². The summed E-state index contributed by atoms with van der Waals surface area (Å²) in [5, 5.41) is 4.93. The van der Waals surface area contributed by atoms with Crippen LogP contribution in [0.25, 0.3) is 10.8 Å². The molecule has 4 rings (SSSR count). The van der Waals surface area contributed by atoms with Gasteiger partial charge in [-0.25, -0.2) is 8.42 Å². The summed E-state index contributed by atoms with van der Waals surface area (Å²) in [5.41, 5.74) is 0. The Hall–Kier alpha value is -1.63. The van der Waals surface area contributed by atoms with Crippen molar-refractivity contribution in [2.24, 2.45) is 0 Å². The Morgan fingerprint density at radius 3 is 2.58 bits per heavy atom. The minimum atomic E-state index is -3.54. The molecule has 2 aromatic carbocycles. The first-order chi connectivity index (χ1) is 11.6. The van der Waals surface area contributed by atoms with Crippen molar-refractivity contribution >= 4 is 20.8 Å². The quantitative estimate of drug-likeness (QED) is 0.927. The van der Waals surface area contributed by atoms with E-state index in [2.05, 4.69) is 5.32 Å². The van der Waals surface area contributed by atoms with Gasteiger partial charge >= 0.3 is 0 Å². The summed E-state index contributed by atoms with van der Waals surface area (Å²) in [6.07, 6.45) is 2.77. The summed E-state index contributed by atoms with van der Waals surface area (Å²) in [7, 11) is -1.93. The van der Waals surface area contributed by atoms with Gasteiger partial charge in [0, 0.05) is 29.4 Å². The van der Waals surface area contributed by atoms with Crippen LogP contribution in [0.5, 0.6) is 5.75 Å². The number of methoxy groups -OCH3 is 1. The third kappa shape index (κ3) is 2.41. The average Bonchev–Trinajstić information content (AvgIpc) is 2.87. The highest BCUT2D eigenvalue weighted by molar-refractivity contribution is 7.89. The van der Waals surface area contributed by atoms with E-state index < -0.39 is 10.0 Å². The van der Waals surface area contributed by atoms with Crippen molar-refractivity contribution in [1.82, 2.24) is 9.62 Å². The van der Waals surface area contributed by atoms with Crippen molar-refractivity contribution in [2.75, 3.05) is 20.2 Å². The molecule has 128 valence electrons. The van der Waals surface area contributed by atoms with Crippen LogP contribution >= 0.6 is 0 Å². The second-order valence-corrected chi connectivity index (χ2v) is 8.34. The third-order valence-electron chi connectivity index (χ3n) is 5.21. The molecule has 0 amide bonds. The Kier molecular flexibility index (Phi) is 3.98. The molecule has 2 aliphatic heterocycles. The topological polar surface area (TPSA) is 58.6 Å². The lowest BCUT2D eigenvalue weighted by Crippen LogP contribution is -2.42. The Labute approximate surface area is 142 Å². The molecule has 0 saturated carbocycles. The molecule has 2 aromatic rings. The number of hydrogen-bond acceptors (Lipinski definition) is 4. The maximum atomic E-state index is 13.5. The molecule has 0 aliphatic carbocycles. The summed E-state index contributed by atoms with van der Waals surface area (Å²) in [6.45, 7) is 1.63. The summed E-state index contributed by atoms with van der Waals surface area (Å²) < 4.78 is 34.1. The van der Waals surface area contributed by atoms with Crippen LogP contribution in [-0.4, -0.2) is 45.0 Å². The lowest BCUT2D eigenvalue weighted by atomic mass is 10.1. The molecule has 2 saturated heterocycles. The van der Waals surface area contributed by atoms with Gasteiger partial charge in [0.25, 0.3) is 0 Å². The minimum Gasteiger partial charge on any atom is -0.496 e. The third-order valence-corrected chi connectivity index (χ3v) is 7.27. The first-order valence-corrected chi connectivity index (χ1v) is 9.87. The number of rotatable bonds is 3. The Morgan fingerprint density at radius 2 is 1.79 bits per heavy atom. The second kappa shape index (κ2) is 6.02. The van der Waals surface area contributed by atoms with Crippen molar-refractivity contribution in [1.29, 1.82) is 0 Å². The van der Waals surface area contributed by atoms with E-state index in [9.17, 15) is 8.42 Å². The number of fused-ring (bicyclic) bond motifs is 3. The van der Waals surface area contributed by atoms with Crippen molar-refractivity contribution in [3.05, 3.63) is 36.4 Å². The Bertz CT molecular complexity index is 852. The molecule has 2 fully saturated rings. The van der Waals surface area contributed by atoms with Crippen LogP contribution in [0, 0.1) is 0 Å². The molecule has 0 spiro atoms. The molecule has 24 heavy (non-hydrogen) atoms. The van der Waals surface area contributed by atoms with E-state index in [4.69, 9.17) is 4.74 Å². The monoisotopic (exact) mass is 346 g/mol. The van der Waals surface area contributed by atoms with Gasteiger partial charge in [0.05, 0.1) is 12.0 Å². The van der Waals surface area contributed by atoms with Crippen molar-refractivity contribution in [2.45, 2.75) is 36.2 Å². The summed E-state index contributed by atoms with van der Waals surface area (Å²) >= 11 is 0. The lowest BCUT2D eigenvalue weighted by molar-refractivity contribution is 0.335. The zero-order valence-electron chi connectivity index (χ0n) is 13.7. The van der Waals surface area contributed by atoms with Crippen LogP contribution in [0.4, 0.5) is 0 Å². The standard InChI is InChI=1S/C18H22N2O3S/c1-23-17-8-9-18(16-5-3-2-4-15(16)17)24(21,22)20-13-6-7-14(20)12-19-11-10-13/h2-5,8-9,13-14,19H,6-7,10-12H2,1H3. The van der Waals surface area contributed by atoms with Crippen LogP contribution in [0.1, 0.15) is 19.3 Å². The van der Waals surface area contributed by atoms with Gasteiger partial charge in [0.1, 0.15) is 5.75 Å². The molecule has 1 N–H and O–H groups in total. The number of nitrogens with one attached hydrogen (secondary N) is 1. The van der Waals surface area contributed by atoms with Crippen LogP contribution < -0.4 is 10.1 Å². The highest BCUT2D eigenvalue weighted by atomic mass is 32.2. The first-order valence-electron chi connectivity index (χ1n) is 8.43. The van der Waals surface area contributed by atoms with Gasteiger partial charge < -0.3 is 10.1 Å². The van der Waals surface area contributed by atoms with Gasteiger partial charge in [-0.3, -0.25) is 0 Å². The predicted octanol–water partition coefficient (Wildman–Crippen LogP) is 2.36. The van der Waals surface area contributed by atoms with E-state index in [-0.39, 0.29) is 12.1 Å². The summed E-state index contributed by atoms with van der Waals surface area (Å²) in [4.78, 5) is 0.387. The maximum Gasteiger partial charge on any atom is 0.244 e. The maximum absolute atomic E-state index is 13.5. The van der Waals surface area contributed by atoms with Crippen molar-refractivity contribution < 1.29 is 13.2 Å². The molecule has 0 aromatic heterocycles. The van der Waals surface area contributed by atoms with E-state index in [1.54, 1.807) is 23.5 Å². The molecule has 0 radical (unpaired) electrons. The van der Waals surface area contributed by atoms with Gasteiger partial charge in [-0.2, -0.15) is 4.31 Å². The van der Waals surface area contributed by atoms with Gasteiger partial charge in [-0.05, 0) is 37.9 Å². The molecule has 6 heteroatoms. The molecule has 2 aliphatic rings. The van der Waals surface area contributed by atoms with Crippen LogP contribution in [0.15, 0.2) is 41.3 Å². The summed E-state index contributed by atoms with van der Waals surface area (Å²) in [6, 6.07) is 11.2. The van der Waals surface area contributed by atoms with E-state index in [0.717, 1.165) is 43.1 Å². The van der Waals surface area contributed by atoms with E-state index in [0.29, 0.717) is 10.6 Å². The zero-order chi connectivity index (χ0) is 16.7. The van der Waals surface area contributed by atoms with Gasteiger partial charge in [0.15, 0.2) is 0 Å². The summed E-state index contributed by atoms with van der Waals surface area (Å²) in [5.74, 6) is 0.699. The molecule has 2 atom stereocenters. The first kappa shape index (κ1) is 15.9. The SMILES string of the molecule is COc1ccc(S(=O)(=O)N2C3CCNCC2CC3)c2ccccc12. The fourth-order valence-corrected chi connectivity index (χ4v) is 6.19. The van der Waals surface area contributed by atoms with Crippen LogP contribution in [0.3, 0.4) is 0 Å². The second-order valence-electron chi connectivity index (χ2n) is 6.52. The fourth-order valence-electron chi connectivity index (χ4n) is 4.09. The van der Waals surface area contributed by atoms with Crippen molar-refractivity contribution in [3.63, 3.8) is 0 Å². The smallest absolute Gasteiger partial charge is 0.244 e. The van der Waals surface area contributed by atoms with Crippen molar-refractivity contribution in [3.8, 4) is 5.75 Å². The van der Waals surface area contributed by atoms with Crippen LogP contribution in [0.2, 0.25) is 0 Å². The molecular formula is C18H22N2O3S. The lowest BCUT2D eigenvalue weighted by Gasteiger charge is -2.27. The van der Waals surface area contributed by atoms with E-state index in [1.807, 2.05) is 24.3 Å². The predicted molar refractivity (Wildman–Crippen MR) is 93.8 cm³/mol. The van der Waals surface area contributed by atoms with Crippen LogP contribution in [-0.2, 0) is 10.0 Å². The zero-order valence-corrected chi connectivity index (χ0v) is 14.6. The molecule has 2 unspecified atom stereocenters. The Morgan fingerprint density at radius 1 is 1.04 bits per heavy atom. The largest absolute Gasteiger partial charge is 0.496 e.